The molecule has 0 spiro atoms. The Kier molecular flexibility index (Phi) is 8.23. The van der Waals surface area contributed by atoms with Crippen molar-refractivity contribution in [2.45, 2.75) is 25.8 Å². The molecule has 0 unspecified atom stereocenters. The molecular formula is C15H23Cl3N2. The summed E-state index contributed by atoms with van der Waals surface area (Å²) in [4.78, 5) is 2.48. The molecule has 20 heavy (non-hydrogen) atoms. The van der Waals surface area contributed by atoms with Crippen molar-refractivity contribution in [1.29, 1.82) is 0 Å². The highest BCUT2D eigenvalue weighted by Gasteiger charge is 2.19. The van der Waals surface area contributed by atoms with E-state index in [0.29, 0.717) is 10.0 Å². The van der Waals surface area contributed by atoms with Crippen molar-refractivity contribution in [2.24, 2.45) is 5.92 Å². The van der Waals surface area contributed by atoms with Crippen molar-refractivity contribution in [3.63, 3.8) is 0 Å². The van der Waals surface area contributed by atoms with E-state index in [-0.39, 0.29) is 12.4 Å². The fourth-order valence-electron chi connectivity index (χ4n) is 2.69. The molecular weight excluding hydrogens is 315 g/mol. The fraction of sp³-hybridized carbons (Fsp3) is 0.600. The third kappa shape index (κ3) is 5.09. The number of hydrogen-bond donors (Lipinski definition) is 1. The minimum atomic E-state index is 0. The number of nitrogens with one attached hydrogen (secondary N) is 1. The van der Waals surface area contributed by atoms with E-state index in [1.54, 1.807) is 0 Å². The van der Waals surface area contributed by atoms with E-state index in [9.17, 15) is 0 Å². The minimum Gasteiger partial charge on any atom is -0.320 e. The molecule has 0 radical (unpaired) electrons. The predicted molar refractivity (Wildman–Crippen MR) is 90.3 cm³/mol. The molecule has 5 heteroatoms. The van der Waals surface area contributed by atoms with Crippen molar-refractivity contribution in [1.82, 2.24) is 10.2 Å². The monoisotopic (exact) mass is 336 g/mol. The molecule has 0 aliphatic carbocycles. The van der Waals surface area contributed by atoms with Gasteiger partial charge in [-0.1, -0.05) is 35.3 Å². The van der Waals surface area contributed by atoms with Crippen LogP contribution in [0, 0.1) is 5.92 Å². The maximum Gasteiger partial charge on any atom is 0.0637 e. The molecule has 1 aliphatic heterocycles. The van der Waals surface area contributed by atoms with Gasteiger partial charge in [0.25, 0.3) is 0 Å². The van der Waals surface area contributed by atoms with Gasteiger partial charge in [-0.25, -0.2) is 0 Å². The van der Waals surface area contributed by atoms with Crippen LogP contribution >= 0.6 is 35.6 Å². The molecule has 1 aliphatic rings. The molecule has 1 fully saturated rings. The second-order valence-electron chi connectivity index (χ2n) is 5.32. The van der Waals surface area contributed by atoms with Gasteiger partial charge in [-0.2, -0.15) is 0 Å². The molecule has 2 rings (SSSR count). The lowest BCUT2D eigenvalue weighted by Crippen LogP contribution is -2.34. The van der Waals surface area contributed by atoms with Gasteiger partial charge in [0.05, 0.1) is 10.0 Å². The van der Waals surface area contributed by atoms with Crippen LogP contribution in [0.1, 0.15) is 24.8 Å². The average Bonchev–Trinajstić information content (AvgIpc) is 2.43. The lowest BCUT2D eigenvalue weighted by atomic mass is 9.93. The molecule has 0 atom stereocenters. The molecule has 1 saturated heterocycles. The summed E-state index contributed by atoms with van der Waals surface area (Å²) < 4.78 is 0. The zero-order valence-corrected chi connectivity index (χ0v) is 14.2. The molecule has 114 valence electrons. The molecule has 1 heterocycles. The second-order valence-corrected chi connectivity index (χ2v) is 6.11. The Morgan fingerprint density at radius 2 is 1.95 bits per heavy atom. The van der Waals surface area contributed by atoms with Gasteiger partial charge < -0.3 is 5.32 Å². The van der Waals surface area contributed by atoms with E-state index in [0.717, 1.165) is 37.7 Å². The first-order chi connectivity index (χ1) is 9.20. The Balaban J connectivity index is 0.00000200. The normalized spacial score (nSPS) is 16.9. The van der Waals surface area contributed by atoms with E-state index in [1.807, 2.05) is 19.2 Å². The van der Waals surface area contributed by atoms with Gasteiger partial charge in [0, 0.05) is 6.54 Å². The van der Waals surface area contributed by atoms with Gasteiger partial charge in [0.15, 0.2) is 0 Å². The first-order valence-corrected chi connectivity index (χ1v) is 7.76. The lowest BCUT2D eigenvalue weighted by Gasteiger charge is -2.32. The number of rotatable bonds is 5. The van der Waals surface area contributed by atoms with Crippen LogP contribution in [0.25, 0.3) is 0 Å². The Morgan fingerprint density at radius 1 is 1.25 bits per heavy atom. The summed E-state index contributed by atoms with van der Waals surface area (Å²) in [5, 5.41) is 4.60. The molecule has 1 aromatic carbocycles. The molecule has 0 bridgehead atoms. The summed E-state index contributed by atoms with van der Waals surface area (Å²) in [6.07, 6.45) is 3.88. The van der Waals surface area contributed by atoms with Crippen molar-refractivity contribution < 1.29 is 0 Å². The summed E-state index contributed by atoms with van der Waals surface area (Å²) in [5.74, 6) is 0.874. The van der Waals surface area contributed by atoms with Gasteiger partial charge in [-0.3, -0.25) is 4.90 Å². The molecule has 1 aromatic rings. The molecule has 2 nitrogen and oxygen atoms in total. The third-order valence-electron chi connectivity index (χ3n) is 3.94. The third-order valence-corrected chi connectivity index (χ3v) is 4.79. The summed E-state index contributed by atoms with van der Waals surface area (Å²) in [6, 6.07) is 5.89. The average molecular weight is 338 g/mol. The minimum absolute atomic E-state index is 0. The van der Waals surface area contributed by atoms with Gasteiger partial charge in [0.1, 0.15) is 0 Å². The van der Waals surface area contributed by atoms with Crippen LogP contribution in [0.4, 0.5) is 0 Å². The number of benzene rings is 1. The first-order valence-electron chi connectivity index (χ1n) is 7.00. The zero-order chi connectivity index (χ0) is 13.7. The molecule has 0 amide bonds. The van der Waals surface area contributed by atoms with Crippen LogP contribution in [-0.2, 0) is 6.54 Å². The summed E-state index contributed by atoms with van der Waals surface area (Å²) in [5.41, 5.74) is 1.14. The Labute approximate surface area is 138 Å². The van der Waals surface area contributed by atoms with Crippen LogP contribution < -0.4 is 5.32 Å². The molecule has 1 N–H and O–H groups in total. The first kappa shape index (κ1) is 18.1. The van der Waals surface area contributed by atoms with Gasteiger partial charge in [-0.15, -0.1) is 12.4 Å². The van der Waals surface area contributed by atoms with Crippen molar-refractivity contribution in [3.05, 3.63) is 33.8 Å². The maximum atomic E-state index is 6.24. The largest absolute Gasteiger partial charge is 0.320 e. The Bertz CT molecular complexity index is 404. The van der Waals surface area contributed by atoms with E-state index in [2.05, 4.69) is 16.3 Å². The van der Waals surface area contributed by atoms with E-state index >= 15 is 0 Å². The highest BCUT2D eigenvalue weighted by Crippen LogP contribution is 2.28. The zero-order valence-electron chi connectivity index (χ0n) is 11.9. The van der Waals surface area contributed by atoms with Crippen LogP contribution in [-0.4, -0.2) is 31.6 Å². The highest BCUT2D eigenvalue weighted by molar-refractivity contribution is 6.42. The number of hydrogen-bond acceptors (Lipinski definition) is 2. The number of piperidine rings is 1. The van der Waals surface area contributed by atoms with E-state index in [4.69, 9.17) is 23.2 Å². The number of likely N-dealkylation sites (tertiary alicyclic amines) is 1. The highest BCUT2D eigenvalue weighted by atomic mass is 35.5. The molecule has 0 saturated carbocycles. The van der Waals surface area contributed by atoms with E-state index < -0.39 is 0 Å². The summed E-state index contributed by atoms with van der Waals surface area (Å²) in [7, 11) is 2.02. The quantitative estimate of drug-likeness (QED) is 0.864. The number of nitrogens with zero attached hydrogens (tertiary/aromatic N) is 1. The van der Waals surface area contributed by atoms with Gasteiger partial charge >= 0.3 is 0 Å². The Morgan fingerprint density at radius 3 is 2.60 bits per heavy atom. The summed E-state index contributed by atoms with van der Waals surface area (Å²) >= 11 is 12.3. The van der Waals surface area contributed by atoms with Gasteiger partial charge in [-0.05, 0) is 63.5 Å². The van der Waals surface area contributed by atoms with Crippen molar-refractivity contribution >= 4 is 35.6 Å². The van der Waals surface area contributed by atoms with Gasteiger partial charge in [0.2, 0.25) is 0 Å². The number of halogens is 3. The van der Waals surface area contributed by atoms with Crippen LogP contribution in [0.5, 0.6) is 0 Å². The maximum absolute atomic E-state index is 6.24. The van der Waals surface area contributed by atoms with E-state index in [1.165, 1.54) is 19.3 Å². The van der Waals surface area contributed by atoms with Crippen LogP contribution in [0.15, 0.2) is 18.2 Å². The lowest BCUT2D eigenvalue weighted by molar-refractivity contribution is 0.172. The van der Waals surface area contributed by atoms with Crippen LogP contribution in [0.2, 0.25) is 10.0 Å². The van der Waals surface area contributed by atoms with Crippen molar-refractivity contribution in [2.75, 3.05) is 26.7 Å². The van der Waals surface area contributed by atoms with Crippen LogP contribution in [0.3, 0.4) is 0 Å². The SMILES string of the molecule is CNCCC1CCN(Cc2cccc(Cl)c2Cl)CC1.Cl. The second kappa shape index (κ2) is 9.11. The van der Waals surface area contributed by atoms with Crippen molar-refractivity contribution in [3.8, 4) is 0 Å². The predicted octanol–water partition coefficient (Wildman–Crippen LogP) is 4.24. The smallest absolute Gasteiger partial charge is 0.0637 e. The Hall–Kier alpha value is 0.01000. The fourth-order valence-corrected chi connectivity index (χ4v) is 3.07. The standard InChI is InChI=1S/C15H22Cl2N2.ClH/c1-18-8-5-12-6-9-19(10-7-12)11-13-3-2-4-14(16)15(13)17;/h2-4,12,18H,5-11H2,1H3;1H. The summed E-state index contributed by atoms with van der Waals surface area (Å²) in [6.45, 7) is 4.37. The molecule has 0 aromatic heterocycles. The topological polar surface area (TPSA) is 15.3 Å².